The first-order valence-electron chi connectivity index (χ1n) is 5.78. The molecule has 0 saturated carbocycles. The number of nitrogens with zero attached hydrogens (tertiary/aromatic N) is 3. The Morgan fingerprint density at radius 3 is 2.94 bits per heavy atom. The molecule has 0 spiro atoms. The molecular weight excluding hydrogens is 258 g/mol. The van der Waals surface area contributed by atoms with Gasteiger partial charge in [0.2, 0.25) is 0 Å². The topological polar surface area (TPSA) is 75.4 Å². The largest absolute Gasteiger partial charge is 0.481 e. The van der Waals surface area contributed by atoms with Crippen molar-refractivity contribution in [2.24, 2.45) is 5.92 Å². The van der Waals surface area contributed by atoms with E-state index in [4.69, 9.17) is 16.7 Å². The number of carbonyl (C=O) groups is 1. The standard InChI is InChI=1S/C11H14ClN3O3/c1-2-15-10(16)9(12)8(5-13-15)14-4-3-7(6-14)11(17)18/h5,7H,2-4,6H2,1H3,(H,17,18). The molecule has 0 radical (unpaired) electrons. The first kappa shape index (κ1) is 12.9. The van der Waals surface area contributed by atoms with Crippen LogP contribution in [0.15, 0.2) is 11.0 Å². The lowest BCUT2D eigenvalue weighted by atomic mass is 10.1. The predicted octanol–water partition coefficient (Wildman–Crippen LogP) is 0.828. The van der Waals surface area contributed by atoms with Crippen molar-refractivity contribution >= 4 is 23.3 Å². The van der Waals surface area contributed by atoms with E-state index in [0.717, 1.165) is 0 Å². The van der Waals surface area contributed by atoms with Crippen molar-refractivity contribution in [3.63, 3.8) is 0 Å². The minimum atomic E-state index is -0.816. The number of anilines is 1. The summed E-state index contributed by atoms with van der Waals surface area (Å²) in [7, 11) is 0. The lowest BCUT2D eigenvalue weighted by molar-refractivity contribution is -0.140. The molecule has 1 saturated heterocycles. The lowest BCUT2D eigenvalue weighted by Crippen LogP contribution is -2.28. The van der Waals surface area contributed by atoms with Crippen LogP contribution in [0.5, 0.6) is 0 Å². The van der Waals surface area contributed by atoms with E-state index in [1.807, 2.05) is 0 Å². The van der Waals surface area contributed by atoms with Crippen molar-refractivity contribution in [1.29, 1.82) is 0 Å². The maximum Gasteiger partial charge on any atom is 0.308 e. The number of aryl methyl sites for hydroxylation is 1. The van der Waals surface area contributed by atoms with Crippen LogP contribution in [0.25, 0.3) is 0 Å². The highest BCUT2D eigenvalue weighted by atomic mass is 35.5. The van der Waals surface area contributed by atoms with Gasteiger partial charge in [-0.3, -0.25) is 9.59 Å². The molecule has 7 heteroatoms. The van der Waals surface area contributed by atoms with Gasteiger partial charge in [-0.05, 0) is 13.3 Å². The van der Waals surface area contributed by atoms with E-state index >= 15 is 0 Å². The summed E-state index contributed by atoms with van der Waals surface area (Å²) < 4.78 is 1.27. The third-order valence-corrected chi connectivity index (χ3v) is 3.50. The molecule has 1 aliphatic rings. The highest BCUT2D eigenvalue weighted by Crippen LogP contribution is 2.27. The Labute approximate surface area is 109 Å². The molecule has 1 fully saturated rings. The zero-order chi connectivity index (χ0) is 13.3. The average molecular weight is 272 g/mol. The molecule has 1 aromatic heterocycles. The van der Waals surface area contributed by atoms with E-state index in [9.17, 15) is 9.59 Å². The summed E-state index contributed by atoms with van der Waals surface area (Å²) in [5, 5.41) is 13.1. The SMILES string of the molecule is CCn1ncc(N2CCC(C(=O)O)C2)c(Cl)c1=O. The second kappa shape index (κ2) is 4.97. The van der Waals surface area contributed by atoms with Gasteiger partial charge >= 0.3 is 5.97 Å². The summed E-state index contributed by atoms with van der Waals surface area (Å²) in [4.78, 5) is 24.5. The van der Waals surface area contributed by atoms with Crippen molar-refractivity contribution < 1.29 is 9.90 Å². The molecule has 1 aromatic rings. The molecule has 1 N–H and O–H groups in total. The van der Waals surface area contributed by atoms with E-state index in [-0.39, 0.29) is 10.6 Å². The van der Waals surface area contributed by atoms with E-state index in [1.165, 1.54) is 10.9 Å². The van der Waals surface area contributed by atoms with Gasteiger partial charge in [0.05, 0.1) is 17.8 Å². The Morgan fingerprint density at radius 2 is 2.39 bits per heavy atom. The fourth-order valence-electron chi connectivity index (χ4n) is 2.08. The number of halogens is 1. The molecular formula is C11H14ClN3O3. The minimum Gasteiger partial charge on any atom is -0.481 e. The monoisotopic (exact) mass is 271 g/mol. The van der Waals surface area contributed by atoms with Crippen LogP contribution in [0.1, 0.15) is 13.3 Å². The van der Waals surface area contributed by atoms with Gasteiger partial charge in [-0.25, -0.2) is 4.68 Å². The molecule has 18 heavy (non-hydrogen) atoms. The average Bonchev–Trinajstić information content (AvgIpc) is 2.82. The molecule has 6 nitrogen and oxygen atoms in total. The Bertz CT molecular complexity index is 529. The number of carboxylic acid groups (broad SMARTS) is 1. The zero-order valence-electron chi connectivity index (χ0n) is 9.97. The van der Waals surface area contributed by atoms with E-state index < -0.39 is 11.9 Å². The molecule has 2 heterocycles. The van der Waals surface area contributed by atoms with Crippen LogP contribution in [0, 0.1) is 5.92 Å². The Kier molecular flexibility index (Phi) is 3.56. The summed E-state index contributed by atoms with van der Waals surface area (Å²) in [6.45, 7) is 3.21. The Balaban J connectivity index is 2.28. The highest BCUT2D eigenvalue weighted by Gasteiger charge is 2.29. The van der Waals surface area contributed by atoms with Crippen LogP contribution in [0.4, 0.5) is 5.69 Å². The van der Waals surface area contributed by atoms with Gasteiger partial charge in [0.25, 0.3) is 5.56 Å². The molecule has 0 amide bonds. The highest BCUT2D eigenvalue weighted by molar-refractivity contribution is 6.33. The molecule has 1 atom stereocenters. The van der Waals surface area contributed by atoms with Crippen LogP contribution < -0.4 is 10.5 Å². The summed E-state index contributed by atoms with van der Waals surface area (Å²) >= 11 is 6.02. The van der Waals surface area contributed by atoms with Crippen molar-refractivity contribution in [3.8, 4) is 0 Å². The molecule has 0 aliphatic carbocycles. The second-order valence-electron chi connectivity index (χ2n) is 4.23. The number of aliphatic carboxylic acids is 1. The quantitative estimate of drug-likeness (QED) is 0.881. The lowest BCUT2D eigenvalue weighted by Gasteiger charge is -2.19. The zero-order valence-corrected chi connectivity index (χ0v) is 10.7. The summed E-state index contributed by atoms with van der Waals surface area (Å²) in [5.41, 5.74) is 0.186. The Hall–Kier alpha value is -1.56. The van der Waals surface area contributed by atoms with Crippen molar-refractivity contribution in [3.05, 3.63) is 21.6 Å². The van der Waals surface area contributed by atoms with E-state index in [0.29, 0.717) is 31.7 Å². The van der Waals surface area contributed by atoms with Gasteiger partial charge in [0, 0.05) is 19.6 Å². The Morgan fingerprint density at radius 1 is 1.67 bits per heavy atom. The van der Waals surface area contributed by atoms with Gasteiger partial charge in [-0.15, -0.1) is 0 Å². The van der Waals surface area contributed by atoms with Crippen LogP contribution >= 0.6 is 11.6 Å². The molecule has 98 valence electrons. The van der Waals surface area contributed by atoms with Crippen LogP contribution in [-0.2, 0) is 11.3 Å². The van der Waals surface area contributed by atoms with E-state index in [1.54, 1.807) is 11.8 Å². The van der Waals surface area contributed by atoms with Crippen molar-refractivity contribution in [1.82, 2.24) is 9.78 Å². The number of rotatable bonds is 3. The number of hydrogen-bond acceptors (Lipinski definition) is 4. The summed E-state index contributed by atoms with van der Waals surface area (Å²) in [5.74, 6) is -1.22. The third kappa shape index (κ3) is 2.20. The summed E-state index contributed by atoms with van der Waals surface area (Å²) in [6.07, 6.45) is 2.08. The van der Waals surface area contributed by atoms with Gasteiger partial charge < -0.3 is 10.0 Å². The fraction of sp³-hybridized carbons (Fsp3) is 0.545. The third-order valence-electron chi connectivity index (χ3n) is 3.14. The smallest absolute Gasteiger partial charge is 0.308 e. The van der Waals surface area contributed by atoms with Crippen LogP contribution in [-0.4, -0.2) is 33.9 Å². The van der Waals surface area contributed by atoms with Crippen molar-refractivity contribution in [2.75, 3.05) is 18.0 Å². The fourth-order valence-corrected chi connectivity index (χ4v) is 2.35. The normalized spacial score (nSPS) is 19.2. The van der Waals surface area contributed by atoms with Crippen LogP contribution in [0.3, 0.4) is 0 Å². The molecule has 1 aliphatic heterocycles. The van der Waals surface area contributed by atoms with Crippen molar-refractivity contribution in [2.45, 2.75) is 19.9 Å². The molecule has 0 aromatic carbocycles. The van der Waals surface area contributed by atoms with Gasteiger partial charge in [0.1, 0.15) is 5.02 Å². The second-order valence-corrected chi connectivity index (χ2v) is 4.61. The maximum absolute atomic E-state index is 11.8. The molecule has 2 rings (SSSR count). The number of carboxylic acids is 1. The van der Waals surface area contributed by atoms with Gasteiger partial charge in [0.15, 0.2) is 0 Å². The maximum atomic E-state index is 11.8. The van der Waals surface area contributed by atoms with E-state index in [2.05, 4.69) is 5.10 Å². The van der Waals surface area contributed by atoms with Gasteiger partial charge in [-0.2, -0.15) is 5.10 Å². The van der Waals surface area contributed by atoms with Gasteiger partial charge in [-0.1, -0.05) is 11.6 Å². The first-order chi connectivity index (χ1) is 8.54. The number of aromatic nitrogens is 2. The predicted molar refractivity (Wildman–Crippen MR) is 67.1 cm³/mol. The molecule has 1 unspecified atom stereocenters. The first-order valence-corrected chi connectivity index (χ1v) is 6.15. The summed E-state index contributed by atoms with van der Waals surface area (Å²) in [6, 6.07) is 0. The van der Waals surface area contributed by atoms with Crippen LogP contribution in [0.2, 0.25) is 5.02 Å². The molecule has 0 bridgehead atoms. The minimum absolute atomic E-state index is 0.109. The number of hydrogen-bond donors (Lipinski definition) is 1.